The van der Waals surface area contributed by atoms with Crippen LogP contribution in [0.4, 0.5) is 5.69 Å². The van der Waals surface area contributed by atoms with E-state index in [4.69, 9.17) is 4.74 Å². The molecule has 0 atom stereocenters. The molecule has 5 nitrogen and oxygen atoms in total. The number of amides is 2. The number of para-hydroxylation sites is 2. The van der Waals surface area contributed by atoms with Crippen molar-refractivity contribution in [2.45, 2.75) is 6.42 Å². The van der Waals surface area contributed by atoms with E-state index in [1.54, 1.807) is 11.0 Å². The van der Waals surface area contributed by atoms with Crippen molar-refractivity contribution in [1.82, 2.24) is 5.32 Å². The monoisotopic (exact) mass is 260 g/mol. The Bertz CT molecular complexity index is 499. The van der Waals surface area contributed by atoms with Crippen LogP contribution in [0, 0.1) is 0 Å². The summed E-state index contributed by atoms with van der Waals surface area (Å²) in [5.41, 5.74) is 0.718. The van der Waals surface area contributed by atoms with E-state index in [0.29, 0.717) is 18.8 Å². The first-order valence-electron chi connectivity index (χ1n) is 6.12. The molecule has 0 spiro atoms. The molecule has 0 fully saturated rings. The van der Waals surface area contributed by atoms with Gasteiger partial charge in [0, 0.05) is 19.5 Å². The molecule has 100 valence electrons. The van der Waals surface area contributed by atoms with Gasteiger partial charge in [-0.25, -0.2) is 0 Å². The molecule has 1 aromatic rings. The zero-order valence-electron chi connectivity index (χ0n) is 10.6. The number of carbonyl (C=O) groups excluding carboxylic acids is 2. The lowest BCUT2D eigenvalue weighted by atomic mass is 10.2. The van der Waals surface area contributed by atoms with Crippen molar-refractivity contribution >= 4 is 17.5 Å². The van der Waals surface area contributed by atoms with Crippen molar-refractivity contribution in [3.8, 4) is 5.75 Å². The number of benzene rings is 1. The molecule has 1 aliphatic heterocycles. The molecule has 1 aromatic carbocycles. The van der Waals surface area contributed by atoms with E-state index >= 15 is 0 Å². The number of nitrogens with one attached hydrogen (secondary N) is 1. The molecule has 0 aliphatic carbocycles. The second-order valence-corrected chi connectivity index (χ2v) is 4.14. The van der Waals surface area contributed by atoms with Crippen LogP contribution in [0.3, 0.4) is 0 Å². The van der Waals surface area contributed by atoms with Gasteiger partial charge in [0.1, 0.15) is 5.75 Å². The third-order valence-corrected chi connectivity index (χ3v) is 2.81. The first-order valence-corrected chi connectivity index (χ1v) is 6.12. The fraction of sp³-hybridized carbons (Fsp3) is 0.286. The molecule has 1 N–H and O–H groups in total. The first kappa shape index (κ1) is 13.1. The first-order chi connectivity index (χ1) is 9.22. The van der Waals surface area contributed by atoms with Crippen LogP contribution >= 0.6 is 0 Å². The third kappa shape index (κ3) is 3.13. The van der Waals surface area contributed by atoms with Crippen molar-refractivity contribution in [3.05, 3.63) is 36.9 Å². The SMILES string of the molecule is C=CCNC(=O)CCN1C(=O)COc2ccccc21. The molecule has 0 unspecified atom stereocenters. The van der Waals surface area contributed by atoms with Gasteiger partial charge in [0.15, 0.2) is 6.61 Å². The van der Waals surface area contributed by atoms with E-state index < -0.39 is 0 Å². The van der Waals surface area contributed by atoms with E-state index in [2.05, 4.69) is 11.9 Å². The number of fused-ring (bicyclic) bond motifs is 1. The summed E-state index contributed by atoms with van der Waals surface area (Å²) in [5.74, 6) is 0.445. The van der Waals surface area contributed by atoms with E-state index in [1.807, 2.05) is 24.3 Å². The lowest BCUT2D eigenvalue weighted by Gasteiger charge is -2.29. The number of ether oxygens (including phenoxy) is 1. The van der Waals surface area contributed by atoms with Crippen molar-refractivity contribution in [3.63, 3.8) is 0 Å². The maximum atomic E-state index is 11.8. The van der Waals surface area contributed by atoms with E-state index in [1.165, 1.54) is 0 Å². The Balaban J connectivity index is 2.01. The minimum Gasteiger partial charge on any atom is -0.482 e. The number of hydrogen-bond acceptors (Lipinski definition) is 3. The minimum absolute atomic E-state index is 0.0191. The van der Waals surface area contributed by atoms with Crippen LogP contribution in [0.2, 0.25) is 0 Å². The van der Waals surface area contributed by atoms with Crippen LogP contribution in [0.25, 0.3) is 0 Å². The van der Waals surface area contributed by atoms with Gasteiger partial charge in [0.25, 0.3) is 5.91 Å². The number of rotatable bonds is 5. The Labute approximate surface area is 111 Å². The molecular weight excluding hydrogens is 244 g/mol. The van der Waals surface area contributed by atoms with Crippen LogP contribution in [-0.2, 0) is 9.59 Å². The van der Waals surface area contributed by atoms with Crippen molar-refractivity contribution in [2.24, 2.45) is 0 Å². The quantitative estimate of drug-likeness (QED) is 0.807. The van der Waals surface area contributed by atoms with Crippen molar-refractivity contribution in [1.29, 1.82) is 0 Å². The maximum absolute atomic E-state index is 11.8. The molecule has 0 aromatic heterocycles. The average molecular weight is 260 g/mol. The van der Waals surface area contributed by atoms with Gasteiger partial charge in [-0.15, -0.1) is 6.58 Å². The van der Waals surface area contributed by atoms with Gasteiger partial charge < -0.3 is 15.0 Å². The Kier molecular flexibility index (Phi) is 4.18. The van der Waals surface area contributed by atoms with Crippen molar-refractivity contribution < 1.29 is 14.3 Å². The molecular formula is C14H16N2O3. The van der Waals surface area contributed by atoms with Gasteiger partial charge in [0.2, 0.25) is 5.91 Å². The van der Waals surface area contributed by atoms with Gasteiger partial charge in [-0.05, 0) is 12.1 Å². The molecule has 2 amide bonds. The molecule has 19 heavy (non-hydrogen) atoms. The van der Waals surface area contributed by atoms with Gasteiger partial charge in [-0.1, -0.05) is 18.2 Å². The van der Waals surface area contributed by atoms with E-state index in [0.717, 1.165) is 5.69 Å². The Morgan fingerprint density at radius 2 is 2.26 bits per heavy atom. The molecule has 0 saturated heterocycles. The fourth-order valence-electron chi connectivity index (χ4n) is 1.89. The standard InChI is InChI=1S/C14H16N2O3/c1-2-8-15-13(17)7-9-16-11-5-3-4-6-12(11)19-10-14(16)18/h2-6H,1,7-10H2,(H,15,17). The van der Waals surface area contributed by atoms with Gasteiger partial charge in [0.05, 0.1) is 5.69 Å². The van der Waals surface area contributed by atoms with Crippen LogP contribution in [0.15, 0.2) is 36.9 Å². The Morgan fingerprint density at radius 1 is 1.47 bits per heavy atom. The Hall–Kier alpha value is -2.30. The highest BCUT2D eigenvalue weighted by Gasteiger charge is 2.25. The average Bonchev–Trinajstić information content (AvgIpc) is 2.44. The van der Waals surface area contributed by atoms with Crippen molar-refractivity contribution in [2.75, 3.05) is 24.6 Å². The summed E-state index contributed by atoms with van der Waals surface area (Å²) in [7, 11) is 0. The third-order valence-electron chi connectivity index (χ3n) is 2.81. The van der Waals surface area contributed by atoms with Crippen LogP contribution in [-0.4, -0.2) is 31.5 Å². The maximum Gasteiger partial charge on any atom is 0.265 e. The summed E-state index contributed by atoms with van der Waals surface area (Å²) >= 11 is 0. The molecule has 5 heteroatoms. The highest BCUT2D eigenvalue weighted by atomic mass is 16.5. The lowest BCUT2D eigenvalue weighted by Crippen LogP contribution is -2.41. The lowest BCUT2D eigenvalue weighted by molar-refractivity contribution is -0.122. The fourth-order valence-corrected chi connectivity index (χ4v) is 1.89. The van der Waals surface area contributed by atoms with Crippen LogP contribution in [0.5, 0.6) is 5.75 Å². The second-order valence-electron chi connectivity index (χ2n) is 4.14. The normalized spacial score (nSPS) is 13.5. The topological polar surface area (TPSA) is 58.6 Å². The number of carbonyl (C=O) groups is 2. The predicted octanol–water partition coefficient (Wildman–Crippen LogP) is 1.10. The van der Waals surface area contributed by atoms with Crippen LogP contribution < -0.4 is 15.0 Å². The summed E-state index contributed by atoms with van der Waals surface area (Å²) in [6.45, 7) is 4.33. The zero-order chi connectivity index (χ0) is 13.7. The smallest absolute Gasteiger partial charge is 0.265 e. The summed E-state index contributed by atoms with van der Waals surface area (Å²) in [4.78, 5) is 25.0. The predicted molar refractivity (Wildman–Crippen MR) is 72.1 cm³/mol. The molecule has 0 bridgehead atoms. The molecule has 0 radical (unpaired) electrons. The summed E-state index contributed by atoms with van der Waals surface area (Å²) < 4.78 is 5.33. The highest BCUT2D eigenvalue weighted by Crippen LogP contribution is 2.31. The van der Waals surface area contributed by atoms with Gasteiger partial charge >= 0.3 is 0 Å². The number of nitrogens with zero attached hydrogens (tertiary/aromatic N) is 1. The number of hydrogen-bond donors (Lipinski definition) is 1. The van der Waals surface area contributed by atoms with Gasteiger partial charge in [-0.3, -0.25) is 9.59 Å². The minimum atomic E-state index is -0.129. The molecule has 2 rings (SSSR count). The summed E-state index contributed by atoms with van der Waals surface area (Å²) in [5, 5.41) is 2.68. The van der Waals surface area contributed by atoms with E-state index in [9.17, 15) is 9.59 Å². The van der Waals surface area contributed by atoms with Crippen LogP contribution in [0.1, 0.15) is 6.42 Å². The number of anilines is 1. The zero-order valence-corrected chi connectivity index (χ0v) is 10.6. The second kappa shape index (κ2) is 6.04. The summed E-state index contributed by atoms with van der Waals surface area (Å²) in [6.07, 6.45) is 1.88. The molecule has 0 saturated carbocycles. The highest BCUT2D eigenvalue weighted by molar-refractivity contribution is 5.98. The molecule has 1 aliphatic rings. The molecule has 1 heterocycles. The van der Waals surface area contributed by atoms with E-state index in [-0.39, 0.29) is 24.8 Å². The summed E-state index contributed by atoms with van der Waals surface area (Å²) in [6, 6.07) is 7.32. The Morgan fingerprint density at radius 3 is 3.05 bits per heavy atom. The largest absolute Gasteiger partial charge is 0.482 e. The van der Waals surface area contributed by atoms with Gasteiger partial charge in [-0.2, -0.15) is 0 Å².